The highest BCUT2D eigenvalue weighted by atomic mass is 15.2. The minimum Gasteiger partial charge on any atom is -0.329 e. The molecule has 1 heterocycles. The van der Waals surface area contributed by atoms with Gasteiger partial charge in [-0.1, -0.05) is 20.8 Å². The quantitative estimate of drug-likeness (QED) is 0.819. The molecule has 2 fully saturated rings. The van der Waals surface area contributed by atoms with Gasteiger partial charge in [0.05, 0.1) is 0 Å². The molecule has 2 rings (SSSR count). The van der Waals surface area contributed by atoms with Gasteiger partial charge < -0.3 is 5.73 Å². The Kier molecular flexibility index (Phi) is 4.14. The normalized spacial score (nSPS) is 40.1. The van der Waals surface area contributed by atoms with Crippen molar-refractivity contribution >= 4 is 0 Å². The Balaban J connectivity index is 1.99. The predicted molar refractivity (Wildman–Crippen MR) is 73.9 cm³/mol. The summed E-state index contributed by atoms with van der Waals surface area (Å²) in [5, 5.41) is 0. The van der Waals surface area contributed by atoms with Crippen molar-refractivity contribution in [3.63, 3.8) is 0 Å². The van der Waals surface area contributed by atoms with Crippen LogP contribution in [-0.4, -0.2) is 30.1 Å². The maximum absolute atomic E-state index is 6.14. The van der Waals surface area contributed by atoms with Gasteiger partial charge in [-0.05, 0) is 56.4 Å². The van der Waals surface area contributed by atoms with Crippen LogP contribution in [0.2, 0.25) is 0 Å². The number of nitrogens with zero attached hydrogens (tertiary/aromatic N) is 1. The van der Waals surface area contributed by atoms with E-state index >= 15 is 0 Å². The highest BCUT2D eigenvalue weighted by Gasteiger charge is 2.41. The van der Waals surface area contributed by atoms with Crippen molar-refractivity contribution in [2.75, 3.05) is 19.6 Å². The van der Waals surface area contributed by atoms with Crippen LogP contribution in [-0.2, 0) is 0 Å². The third-order valence-corrected chi connectivity index (χ3v) is 5.42. The molecular formula is C15H30N2. The van der Waals surface area contributed by atoms with Crippen molar-refractivity contribution in [2.24, 2.45) is 23.5 Å². The molecule has 0 spiro atoms. The molecule has 100 valence electrons. The summed E-state index contributed by atoms with van der Waals surface area (Å²) >= 11 is 0. The van der Waals surface area contributed by atoms with Crippen LogP contribution in [0.4, 0.5) is 0 Å². The number of likely N-dealkylation sites (tertiary alicyclic amines) is 1. The zero-order valence-corrected chi connectivity index (χ0v) is 11.9. The highest BCUT2D eigenvalue weighted by molar-refractivity contribution is 4.98. The molecule has 0 aromatic carbocycles. The van der Waals surface area contributed by atoms with Gasteiger partial charge in [0.1, 0.15) is 0 Å². The second-order valence-electron chi connectivity index (χ2n) is 6.85. The van der Waals surface area contributed by atoms with Crippen LogP contribution in [0.15, 0.2) is 0 Å². The van der Waals surface area contributed by atoms with Crippen molar-refractivity contribution < 1.29 is 0 Å². The maximum Gasteiger partial charge on any atom is 0.0332 e. The van der Waals surface area contributed by atoms with Gasteiger partial charge in [-0.3, -0.25) is 4.90 Å². The van der Waals surface area contributed by atoms with E-state index in [0.29, 0.717) is 5.54 Å². The summed E-state index contributed by atoms with van der Waals surface area (Å²) in [5.41, 5.74) is 6.50. The molecule has 0 aromatic heterocycles. The van der Waals surface area contributed by atoms with E-state index in [4.69, 9.17) is 5.73 Å². The van der Waals surface area contributed by atoms with Crippen molar-refractivity contribution in [3.8, 4) is 0 Å². The fourth-order valence-corrected chi connectivity index (χ4v) is 3.71. The zero-order valence-electron chi connectivity index (χ0n) is 11.9. The number of hydrogen-bond donors (Lipinski definition) is 1. The minimum atomic E-state index is 0.357. The summed E-state index contributed by atoms with van der Waals surface area (Å²) in [5.74, 6) is 2.65. The molecular weight excluding hydrogens is 208 g/mol. The van der Waals surface area contributed by atoms with Crippen molar-refractivity contribution in [1.29, 1.82) is 0 Å². The molecule has 0 amide bonds. The summed E-state index contributed by atoms with van der Waals surface area (Å²) in [4.78, 5) is 2.74. The second-order valence-corrected chi connectivity index (χ2v) is 6.85. The molecule has 1 saturated carbocycles. The molecule has 0 radical (unpaired) electrons. The summed E-state index contributed by atoms with van der Waals surface area (Å²) in [7, 11) is 0. The van der Waals surface area contributed by atoms with E-state index in [1.807, 2.05) is 0 Å². The van der Waals surface area contributed by atoms with Crippen LogP contribution in [0, 0.1) is 17.8 Å². The summed E-state index contributed by atoms with van der Waals surface area (Å²) in [6, 6.07) is 0. The van der Waals surface area contributed by atoms with Gasteiger partial charge in [-0.25, -0.2) is 0 Å². The topological polar surface area (TPSA) is 29.3 Å². The Hall–Kier alpha value is -0.0800. The van der Waals surface area contributed by atoms with Crippen LogP contribution in [0.3, 0.4) is 0 Å². The van der Waals surface area contributed by atoms with Crippen LogP contribution in [0.5, 0.6) is 0 Å². The standard InChI is InChI=1S/C15H30N2/c1-12(2)14-6-9-17(10-14)15(11-16)7-4-13(3)5-8-15/h12-14H,4-11,16H2,1-3H3. The highest BCUT2D eigenvalue weighted by Crippen LogP contribution is 2.39. The Bertz CT molecular complexity index is 241. The van der Waals surface area contributed by atoms with Gasteiger partial charge in [0, 0.05) is 18.6 Å². The van der Waals surface area contributed by atoms with E-state index < -0.39 is 0 Å². The van der Waals surface area contributed by atoms with E-state index in [1.54, 1.807) is 0 Å². The van der Waals surface area contributed by atoms with E-state index in [-0.39, 0.29) is 0 Å². The monoisotopic (exact) mass is 238 g/mol. The Morgan fingerprint density at radius 2 is 1.88 bits per heavy atom. The fraction of sp³-hybridized carbons (Fsp3) is 1.00. The van der Waals surface area contributed by atoms with Gasteiger partial charge >= 0.3 is 0 Å². The molecule has 1 unspecified atom stereocenters. The molecule has 0 bridgehead atoms. The van der Waals surface area contributed by atoms with Crippen molar-refractivity contribution in [3.05, 3.63) is 0 Å². The number of nitrogens with two attached hydrogens (primary N) is 1. The molecule has 2 heteroatoms. The van der Waals surface area contributed by atoms with Crippen LogP contribution < -0.4 is 5.73 Å². The van der Waals surface area contributed by atoms with Crippen LogP contribution in [0.25, 0.3) is 0 Å². The molecule has 2 nitrogen and oxygen atoms in total. The average Bonchev–Trinajstić information content (AvgIpc) is 2.81. The largest absolute Gasteiger partial charge is 0.329 e. The predicted octanol–water partition coefficient (Wildman–Crippen LogP) is 2.87. The molecule has 1 atom stereocenters. The first-order chi connectivity index (χ1) is 8.07. The number of rotatable bonds is 3. The Labute approximate surface area is 107 Å². The second kappa shape index (κ2) is 5.27. The smallest absolute Gasteiger partial charge is 0.0332 e. The third-order valence-electron chi connectivity index (χ3n) is 5.42. The Morgan fingerprint density at radius 3 is 2.35 bits per heavy atom. The average molecular weight is 238 g/mol. The van der Waals surface area contributed by atoms with Gasteiger partial charge in [-0.2, -0.15) is 0 Å². The van der Waals surface area contributed by atoms with E-state index in [2.05, 4.69) is 25.7 Å². The molecule has 17 heavy (non-hydrogen) atoms. The van der Waals surface area contributed by atoms with E-state index in [1.165, 1.54) is 45.2 Å². The van der Waals surface area contributed by atoms with Crippen molar-refractivity contribution in [2.45, 2.75) is 58.4 Å². The van der Waals surface area contributed by atoms with Gasteiger partial charge in [0.2, 0.25) is 0 Å². The molecule has 2 N–H and O–H groups in total. The van der Waals surface area contributed by atoms with Crippen LogP contribution >= 0.6 is 0 Å². The molecule has 1 aliphatic heterocycles. The minimum absolute atomic E-state index is 0.357. The van der Waals surface area contributed by atoms with Crippen LogP contribution in [0.1, 0.15) is 52.9 Å². The first-order valence-electron chi connectivity index (χ1n) is 7.52. The molecule has 1 aliphatic carbocycles. The maximum atomic E-state index is 6.14. The third kappa shape index (κ3) is 2.68. The lowest BCUT2D eigenvalue weighted by atomic mass is 9.76. The summed E-state index contributed by atoms with van der Waals surface area (Å²) < 4.78 is 0. The fourth-order valence-electron chi connectivity index (χ4n) is 3.71. The lowest BCUT2D eigenvalue weighted by molar-refractivity contribution is 0.0608. The Morgan fingerprint density at radius 1 is 1.24 bits per heavy atom. The van der Waals surface area contributed by atoms with Gasteiger partial charge in [-0.15, -0.1) is 0 Å². The van der Waals surface area contributed by atoms with E-state index in [9.17, 15) is 0 Å². The van der Waals surface area contributed by atoms with Gasteiger partial charge in [0.25, 0.3) is 0 Å². The first kappa shape index (κ1) is 13.4. The summed E-state index contributed by atoms with van der Waals surface area (Å²) in [6.45, 7) is 10.6. The zero-order chi connectivity index (χ0) is 12.5. The first-order valence-corrected chi connectivity index (χ1v) is 7.52. The summed E-state index contributed by atoms with van der Waals surface area (Å²) in [6.07, 6.45) is 6.79. The lowest BCUT2D eigenvalue weighted by Gasteiger charge is -2.46. The molecule has 0 aromatic rings. The SMILES string of the molecule is CC1CCC(CN)(N2CCC(C(C)C)C2)CC1. The van der Waals surface area contributed by atoms with E-state index in [0.717, 1.165) is 24.3 Å². The lowest BCUT2D eigenvalue weighted by Crippen LogP contribution is -2.54. The van der Waals surface area contributed by atoms with Gasteiger partial charge in [0.15, 0.2) is 0 Å². The molecule has 2 aliphatic rings. The molecule has 1 saturated heterocycles. The number of hydrogen-bond acceptors (Lipinski definition) is 2. The van der Waals surface area contributed by atoms with Crippen molar-refractivity contribution in [1.82, 2.24) is 4.90 Å².